The number of nitrogens with zero attached hydrogens (tertiary/aromatic N) is 3. The number of benzene rings is 2. The van der Waals surface area contributed by atoms with Crippen LogP contribution in [0.3, 0.4) is 0 Å². The average Bonchev–Trinajstić information content (AvgIpc) is 3.39. The zero-order chi connectivity index (χ0) is 23.7. The van der Waals surface area contributed by atoms with Gasteiger partial charge in [0.05, 0.1) is 15.9 Å². The maximum absolute atomic E-state index is 12.7. The Morgan fingerprint density at radius 3 is 2.62 bits per heavy atom. The molecule has 178 valence electrons. The molecule has 0 saturated carbocycles. The van der Waals surface area contributed by atoms with Crippen molar-refractivity contribution in [2.75, 3.05) is 26.2 Å². The summed E-state index contributed by atoms with van der Waals surface area (Å²) in [6, 6.07) is 14.6. The number of likely N-dealkylation sites (tertiary alicyclic amines) is 1. The van der Waals surface area contributed by atoms with Gasteiger partial charge >= 0.3 is 0 Å². The number of nitrogens with one attached hydrogen (secondary N) is 1. The van der Waals surface area contributed by atoms with Gasteiger partial charge in [-0.25, -0.2) is 4.98 Å². The highest BCUT2D eigenvalue weighted by molar-refractivity contribution is 7.23. The molecule has 0 bridgehead atoms. The fourth-order valence-corrected chi connectivity index (χ4v) is 6.32. The second-order valence-corrected chi connectivity index (χ2v) is 10.9. The van der Waals surface area contributed by atoms with Gasteiger partial charge in [-0.15, -0.1) is 0 Å². The van der Waals surface area contributed by atoms with Crippen LogP contribution in [0.1, 0.15) is 49.5 Å². The van der Waals surface area contributed by atoms with Crippen molar-refractivity contribution in [3.8, 4) is 11.3 Å². The first-order chi connectivity index (χ1) is 16.5. The summed E-state index contributed by atoms with van der Waals surface area (Å²) in [5.41, 5.74) is 5.25. The number of piperidine rings is 1. The zero-order valence-corrected chi connectivity index (χ0v) is 21.2. The molecular formula is C28H34N4OS. The van der Waals surface area contributed by atoms with E-state index in [0.29, 0.717) is 12.1 Å². The van der Waals surface area contributed by atoms with Crippen LogP contribution in [-0.4, -0.2) is 46.4 Å². The summed E-state index contributed by atoms with van der Waals surface area (Å²) >= 11 is 1.63. The van der Waals surface area contributed by atoms with Gasteiger partial charge < -0.3 is 10.2 Å². The Hall–Kier alpha value is -2.70. The molecule has 1 saturated heterocycles. The van der Waals surface area contributed by atoms with Crippen LogP contribution >= 0.6 is 11.3 Å². The van der Waals surface area contributed by atoms with Gasteiger partial charge in [0.1, 0.15) is 0 Å². The van der Waals surface area contributed by atoms with Crippen molar-refractivity contribution >= 4 is 32.4 Å². The number of hydrogen-bond donors (Lipinski definition) is 1. The second-order valence-electron chi connectivity index (χ2n) is 9.93. The van der Waals surface area contributed by atoms with E-state index >= 15 is 0 Å². The first kappa shape index (κ1) is 23.1. The minimum absolute atomic E-state index is 0.00465. The van der Waals surface area contributed by atoms with Gasteiger partial charge in [0.25, 0.3) is 5.91 Å². The molecule has 2 aromatic carbocycles. The van der Waals surface area contributed by atoms with E-state index in [0.717, 1.165) is 57.7 Å². The molecule has 6 heteroatoms. The molecule has 1 amide bonds. The number of carbonyl (C=O) groups is 1. The summed E-state index contributed by atoms with van der Waals surface area (Å²) < 4.78 is 3.21. The third-order valence-corrected chi connectivity index (χ3v) is 7.91. The Morgan fingerprint density at radius 1 is 1.12 bits per heavy atom. The van der Waals surface area contributed by atoms with Crippen molar-refractivity contribution in [3.05, 3.63) is 59.8 Å². The topological polar surface area (TPSA) is 49.6 Å². The van der Waals surface area contributed by atoms with Crippen LogP contribution < -0.4 is 5.32 Å². The molecule has 1 aliphatic rings. The van der Waals surface area contributed by atoms with Gasteiger partial charge in [-0.05, 0) is 61.4 Å². The van der Waals surface area contributed by atoms with E-state index in [4.69, 9.17) is 4.98 Å². The molecule has 1 aliphatic heterocycles. The van der Waals surface area contributed by atoms with Crippen LogP contribution in [0.15, 0.2) is 48.7 Å². The lowest BCUT2D eigenvalue weighted by Crippen LogP contribution is -2.40. The van der Waals surface area contributed by atoms with E-state index in [-0.39, 0.29) is 5.91 Å². The van der Waals surface area contributed by atoms with E-state index in [1.807, 2.05) is 18.2 Å². The molecule has 2 aromatic heterocycles. The average molecular weight is 475 g/mol. The number of aryl methyl sites for hydroxylation is 1. The summed E-state index contributed by atoms with van der Waals surface area (Å²) in [6.07, 6.45) is 5.45. The predicted molar refractivity (Wildman–Crippen MR) is 142 cm³/mol. The first-order valence-electron chi connectivity index (χ1n) is 12.5. The van der Waals surface area contributed by atoms with E-state index < -0.39 is 0 Å². The molecule has 1 N–H and O–H groups in total. The van der Waals surface area contributed by atoms with Gasteiger partial charge in [-0.2, -0.15) is 0 Å². The number of rotatable bonds is 7. The molecule has 34 heavy (non-hydrogen) atoms. The summed E-state index contributed by atoms with van der Waals surface area (Å²) in [5, 5.41) is 3.11. The molecule has 3 heterocycles. The molecule has 0 aliphatic carbocycles. The molecular weight excluding hydrogens is 440 g/mol. The molecule has 0 spiro atoms. The lowest BCUT2D eigenvalue weighted by atomic mass is 9.92. The maximum Gasteiger partial charge on any atom is 0.251 e. The fraction of sp³-hybridized carbons (Fsp3) is 0.429. The standard InChI is InChI=1S/C28H34N4OS/c1-4-21-6-8-22(9-7-21)24-18-32-25-11-10-23(15-26(25)34-28(32)30-24)27(33)29-12-5-13-31-16-19(2)14-20(3)17-31/h6-11,15,18-20H,4-5,12-14,16-17H2,1-3H3,(H,29,33)/t19-,20+. The normalized spacial score (nSPS) is 19.1. The van der Waals surface area contributed by atoms with Crippen LogP contribution in [-0.2, 0) is 6.42 Å². The number of carbonyl (C=O) groups excluding carboxylic acids is 1. The van der Waals surface area contributed by atoms with Crippen molar-refractivity contribution in [2.24, 2.45) is 11.8 Å². The number of fused-ring (bicyclic) bond motifs is 3. The third kappa shape index (κ3) is 4.89. The Labute approximate surface area is 205 Å². The molecule has 5 rings (SSSR count). The van der Waals surface area contributed by atoms with Gasteiger partial charge in [-0.1, -0.05) is 56.4 Å². The van der Waals surface area contributed by atoms with Crippen LogP contribution in [0.25, 0.3) is 26.4 Å². The van der Waals surface area contributed by atoms with Gasteiger partial charge in [-0.3, -0.25) is 9.20 Å². The molecule has 5 nitrogen and oxygen atoms in total. The van der Waals surface area contributed by atoms with Gasteiger partial charge in [0.2, 0.25) is 0 Å². The molecule has 0 radical (unpaired) electrons. The number of imidazole rings is 1. The predicted octanol–water partition coefficient (Wildman–Crippen LogP) is 5.88. The van der Waals surface area contributed by atoms with Crippen molar-refractivity contribution in [1.82, 2.24) is 19.6 Å². The number of aromatic nitrogens is 2. The maximum atomic E-state index is 12.7. The summed E-state index contributed by atoms with van der Waals surface area (Å²) in [5.74, 6) is 1.55. The van der Waals surface area contributed by atoms with Crippen LogP contribution in [0.5, 0.6) is 0 Å². The Bertz CT molecular complexity index is 1280. The quantitative estimate of drug-likeness (QED) is 0.341. The van der Waals surface area contributed by atoms with Crippen LogP contribution in [0.4, 0.5) is 0 Å². The summed E-state index contributed by atoms with van der Waals surface area (Å²) in [7, 11) is 0. The molecule has 0 unspecified atom stereocenters. The fourth-order valence-electron chi connectivity index (χ4n) is 5.27. The molecule has 2 atom stereocenters. The van der Waals surface area contributed by atoms with Crippen LogP contribution in [0, 0.1) is 11.8 Å². The minimum Gasteiger partial charge on any atom is -0.352 e. The highest BCUT2D eigenvalue weighted by Crippen LogP contribution is 2.30. The number of hydrogen-bond acceptors (Lipinski definition) is 4. The minimum atomic E-state index is 0.00465. The van der Waals surface area contributed by atoms with E-state index in [1.165, 1.54) is 25.1 Å². The first-order valence-corrected chi connectivity index (χ1v) is 13.3. The monoisotopic (exact) mass is 474 g/mol. The molecule has 4 aromatic rings. The molecule has 1 fully saturated rings. The Kier molecular flexibility index (Phi) is 6.70. The van der Waals surface area contributed by atoms with Gasteiger partial charge in [0, 0.05) is 37.0 Å². The summed E-state index contributed by atoms with van der Waals surface area (Å²) in [6.45, 7) is 11.0. The van der Waals surface area contributed by atoms with Crippen molar-refractivity contribution < 1.29 is 4.79 Å². The third-order valence-electron chi connectivity index (χ3n) is 6.90. The van der Waals surface area contributed by atoms with E-state index in [9.17, 15) is 4.79 Å². The Morgan fingerprint density at radius 2 is 1.88 bits per heavy atom. The SMILES string of the molecule is CCc1ccc(-c2cn3c(n2)sc2cc(C(=O)NCCCN4C[C@H](C)C[C@H](C)C4)ccc23)cc1. The largest absolute Gasteiger partial charge is 0.352 e. The second kappa shape index (κ2) is 9.88. The summed E-state index contributed by atoms with van der Waals surface area (Å²) in [4.78, 5) is 21.1. The van der Waals surface area contributed by atoms with Crippen molar-refractivity contribution in [3.63, 3.8) is 0 Å². The highest BCUT2D eigenvalue weighted by Gasteiger charge is 2.21. The van der Waals surface area contributed by atoms with E-state index in [2.05, 4.69) is 65.9 Å². The van der Waals surface area contributed by atoms with E-state index in [1.54, 1.807) is 11.3 Å². The Balaban J connectivity index is 1.22. The van der Waals surface area contributed by atoms with Crippen molar-refractivity contribution in [2.45, 2.75) is 40.0 Å². The highest BCUT2D eigenvalue weighted by atomic mass is 32.1. The number of amides is 1. The van der Waals surface area contributed by atoms with Crippen molar-refractivity contribution in [1.29, 1.82) is 0 Å². The zero-order valence-electron chi connectivity index (χ0n) is 20.4. The number of thiazole rings is 1. The smallest absolute Gasteiger partial charge is 0.251 e. The lowest BCUT2D eigenvalue weighted by molar-refractivity contribution is 0.0947. The lowest BCUT2D eigenvalue weighted by Gasteiger charge is -2.34. The van der Waals surface area contributed by atoms with Crippen LogP contribution in [0.2, 0.25) is 0 Å². The van der Waals surface area contributed by atoms with Gasteiger partial charge in [0.15, 0.2) is 4.96 Å².